The van der Waals surface area contributed by atoms with Crippen molar-refractivity contribution in [3.8, 4) is 5.75 Å². The van der Waals surface area contributed by atoms with E-state index in [-0.39, 0.29) is 0 Å². The van der Waals surface area contributed by atoms with Crippen LogP contribution in [-0.4, -0.2) is 22.9 Å². The molecule has 0 saturated carbocycles. The summed E-state index contributed by atoms with van der Waals surface area (Å²) in [5.74, 6) is 0.696. The molecule has 0 spiro atoms. The van der Waals surface area contributed by atoms with Crippen LogP contribution in [0.15, 0.2) is 24.4 Å². The Balaban J connectivity index is 2.22. The van der Waals surface area contributed by atoms with E-state index in [1.807, 2.05) is 31.3 Å². The Morgan fingerprint density at radius 1 is 1.44 bits per heavy atom. The molecule has 1 unspecified atom stereocenters. The van der Waals surface area contributed by atoms with Crippen LogP contribution in [0.25, 0.3) is 10.9 Å². The molecular weight excluding hydrogens is 228 g/mol. The number of hydrogen-bond donors (Lipinski definition) is 3. The van der Waals surface area contributed by atoms with Crippen molar-refractivity contribution in [1.29, 1.82) is 0 Å². The number of aliphatic hydroxyl groups is 1. The highest BCUT2D eigenvalue weighted by Crippen LogP contribution is 2.24. The summed E-state index contributed by atoms with van der Waals surface area (Å²) in [6, 6.07) is 5.78. The minimum absolute atomic E-state index is 0.622. The minimum Gasteiger partial charge on any atom is -0.465 e. The van der Waals surface area contributed by atoms with E-state index >= 15 is 0 Å². The van der Waals surface area contributed by atoms with Crippen LogP contribution in [-0.2, 0) is 6.42 Å². The summed E-state index contributed by atoms with van der Waals surface area (Å²) in [5.41, 5.74) is 7.83. The molecule has 0 amide bonds. The zero-order valence-corrected chi connectivity index (χ0v) is 10.6. The van der Waals surface area contributed by atoms with Crippen LogP contribution in [0.5, 0.6) is 5.75 Å². The van der Waals surface area contributed by atoms with Gasteiger partial charge in [-0.05, 0) is 36.7 Å². The van der Waals surface area contributed by atoms with Crippen LogP contribution in [0.4, 0.5) is 0 Å². The number of aliphatic hydroxyl groups excluding tert-OH is 1. The van der Waals surface area contributed by atoms with E-state index < -0.39 is 6.29 Å². The molecule has 0 aliphatic carbocycles. The van der Waals surface area contributed by atoms with Gasteiger partial charge in [-0.2, -0.15) is 0 Å². The molecule has 1 aromatic heterocycles. The maximum absolute atomic E-state index is 9.65. The van der Waals surface area contributed by atoms with Gasteiger partial charge in [-0.15, -0.1) is 0 Å². The number of nitrogens with two attached hydrogens (primary N) is 1. The van der Waals surface area contributed by atoms with Crippen LogP contribution in [0.2, 0.25) is 0 Å². The van der Waals surface area contributed by atoms with Gasteiger partial charge in [0, 0.05) is 23.5 Å². The molecule has 2 aromatic rings. The van der Waals surface area contributed by atoms with Gasteiger partial charge < -0.3 is 20.6 Å². The fraction of sp³-hybridized carbons (Fsp3) is 0.429. The van der Waals surface area contributed by atoms with Crippen molar-refractivity contribution in [2.75, 3.05) is 6.54 Å². The molecule has 4 nitrogen and oxygen atoms in total. The Morgan fingerprint density at radius 3 is 3.00 bits per heavy atom. The molecular formula is C14H20N2O2. The van der Waals surface area contributed by atoms with E-state index in [9.17, 15) is 5.11 Å². The lowest BCUT2D eigenvalue weighted by Crippen LogP contribution is -2.14. The number of H-pyrrole nitrogens is 1. The van der Waals surface area contributed by atoms with E-state index in [1.54, 1.807) is 0 Å². The van der Waals surface area contributed by atoms with Crippen LogP contribution in [0.3, 0.4) is 0 Å². The van der Waals surface area contributed by atoms with E-state index in [0.29, 0.717) is 18.7 Å². The first-order valence-electron chi connectivity index (χ1n) is 6.39. The fourth-order valence-corrected chi connectivity index (χ4v) is 2.06. The maximum Gasteiger partial charge on any atom is 0.197 e. The number of nitrogens with one attached hydrogen (secondary N) is 1. The van der Waals surface area contributed by atoms with E-state index in [0.717, 1.165) is 23.7 Å². The van der Waals surface area contributed by atoms with Crippen LogP contribution in [0, 0.1) is 0 Å². The maximum atomic E-state index is 9.65. The fourth-order valence-electron chi connectivity index (χ4n) is 2.06. The molecule has 4 heteroatoms. The summed E-state index contributed by atoms with van der Waals surface area (Å²) in [4.78, 5) is 3.21. The number of rotatable bonds is 6. The SMILES string of the molecule is CCCC(O)Oc1ccc2[nH]cc(CCN)c2c1. The summed E-state index contributed by atoms with van der Waals surface area (Å²) < 4.78 is 5.48. The lowest BCUT2D eigenvalue weighted by molar-refractivity contribution is -0.0232. The zero-order chi connectivity index (χ0) is 13.0. The number of aromatic amines is 1. The third kappa shape index (κ3) is 2.83. The number of benzene rings is 1. The molecule has 0 aliphatic heterocycles. The van der Waals surface area contributed by atoms with Gasteiger partial charge in [-0.25, -0.2) is 0 Å². The van der Waals surface area contributed by atoms with Crippen molar-refractivity contribution in [2.24, 2.45) is 5.73 Å². The van der Waals surface area contributed by atoms with Gasteiger partial charge in [-0.1, -0.05) is 13.3 Å². The molecule has 0 saturated heterocycles. The number of fused-ring (bicyclic) bond motifs is 1. The molecule has 1 aromatic carbocycles. The Labute approximate surface area is 107 Å². The third-order valence-corrected chi connectivity index (χ3v) is 2.96. The Bertz CT molecular complexity index is 507. The van der Waals surface area contributed by atoms with Crippen LogP contribution < -0.4 is 10.5 Å². The zero-order valence-electron chi connectivity index (χ0n) is 10.6. The largest absolute Gasteiger partial charge is 0.465 e. The quantitative estimate of drug-likeness (QED) is 0.686. The van der Waals surface area contributed by atoms with Gasteiger partial charge >= 0.3 is 0 Å². The van der Waals surface area contributed by atoms with Gasteiger partial charge in [0.15, 0.2) is 6.29 Å². The molecule has 0 bridgehead atoms. The summed E-state index contributed by atoms with van der Waals surface area (Å²) in [6.45, 7) is 2.64. The second-order valence-corrected chi connectivity index (χ2v) is 4.42. The summed E-state index contributed by atoms with van der Waals surface area (Å²) >= 11 is 0. The second kappa shape index (κ2) is 5.89. The normalized spacial score (nSPS) is 12.8. The predicted octanol–water partition coefficient (Wildman–Crippen LogP) is 2.17. The first-order valence-corrected chi connectivity index (χ1v) is 6.39. The molecule has 18 heavy (non-hydrogen) atoms. The van der Waals surface area contributed by atoms with Crippen molar-refractivity contribution in [3.63, 3.8) is 0 Å². The smallest absolute Gasteiger partial charge is 0.197 e. The topological polar surface area (TPSA) is 71.3 Å². The van der Waals surface area contributed by atoms with E-state index in [1.165, 1.54) is 5.56 Å². The number of aromatic nitrogens is 1. The molecule has 0 aliphatic rings. The monoisotopic (exact) mass is 248 g/mol. The first-order chi connectivity index (χ1) is 8.74. The number of ether oxygens (including phenoxy) is 1. The van der Waals surface area contributed by atoms with Crippen molar-refractivity contribution in [3.05, 3.63) is 30.0 Å². The van der Waals surface area contributed by atoms with Crippen molar-refractivity contribution in [1.82, 2.24) is 4.98 Å². The average Bonchev–Trinajstić information content (AvgIpc) is 2.73. The summed E-state index contributed by atoms with van der Waals surface area (Å²) in [6.07, 6.45) is 3.61. The highest BCUT2D eigenvalue weighted by molar-refractivity contribution is 5.84. The van der Waals surface area contributed by atoms with Gasteiger partial charge in [0.05, 0.1) is 0 Å². The summed E-state index contributed by atoms with van der Waals surface area (Å²) in [5, 5.41) is 10.8. The highest BCUT2D eigenvalue weighted by Gasteiger charge is 2.08. The third-order valence-electron chi connectivity index (χ3n) is 2.96. The first kappa shape index (κ1) is 12.9. The molecule has 1 heterocycles. The molecule has 98 valence electrons. The van der Waals surface area contributed by atoms with Gasteiger partial charge in [0.1, 0.15) is 5.75 Å². The molecule has 1 atom stereocenters. The van der Waals surface area contributed by atoms with Gasteiger partial charge in [0.2, 0.25) is 0 Å². The molecule has 0 fully saturated rings. The lowest BCUT2D eigenvalue weighted by Gasteiger charge is -2.12. The molecule has 0 radical (unpaired) electrons. The highest BCUT2D eigenvalue weighted by atomic mass is 16.6. The Morgan fingerprint density at radius 2 is 2.28 bits per heavy atom. The van der Waals surface area contributed by atoms with Crippen molar-refractivity contribution < 1.29 is 9.84 Å². The standard InChI is InChI=1S/C14H20N2O2/c1-2-3-14(17)18-11-4-5-13-12(8-11)10(6-7-15)9-16-13/h4-5,8-9,14,16-17H,2-3,6-7,15H2,1H3. The van der Waals surface area contributed by atoms with Crippen molar-refractivity contribution in [2.45, 2.75) is 32.5 Å². The van der Waals surface area contributed by atoms with Crippen LogP contribution in [0.1, 0.15) is 25.3 Å². The lowest BCUT2D eigenvalue weighted by atomic mass is 10.1. The predicted molar refractivity (Wildman–Crippen MR) is 72.6 cm³/mol. The average molecular weight is 248 g/mol. The second-order valence-electron chi connectivity index (χ2n) is 4.42. The minimum atomic E-state index is -0.732. The Hall–Kier alpha value is -1.52. The molecule has 4 N–H and O–H groups in total. The Kier molecular flexibility index (Phi) is 4.23. The molecule has 2 rings (SSSR count). The van der Waals surface area contributed by atoms with Crippen LogP contribution >= 0.6 is 0 Å². The summed E-state index contributed by atoms with van der Waals surface area (Å²) in [7, 11) is 0. The van der Waals surface area contributed by atoms with Gasteiger partial charge in [-0.3, -0.25) is 0 Å². The van der Waals surface area contributed by atoms with E-state index in [2.05, 4.69) is 4.98 Å². The van der Waals surface area contributed by atoms with Gasteiger partial charge in [0.25, 0.3) is 0 Å². The van der Waals surface area contributed by atoms with E-state index in [4.69, 9.17) is 10.5 Å². The van der Waals surface area contributed by atoms with Crippen molar-refractivity contribution >= 4 is 10.9 Å². The number of hydrogen-bond acceptors (Lipinski definition) is 3.